The molecule has 0 aliphatic carbocycles. The van der Waals surface area contributed by atoms with Gasteiger partial charge in [0.05, 0.1) is 12.5 Å². The third kappa shape index (κ3) is 5.35. The Hall–Kier alpha value is -0.840. The first kappa shape index (κ1) is 14.6. The molecule has 19 heavy (non-hydrogen) atoms. The Kier molecular flexibility index (Phi) is 5.89. The molecule has 108 valence electrons. The maximum Gasteiger partial charge on any atom is 0.0947 e. The van der Waals surface area contributed by atoms with Gasteiger partial charge in [-0.15, -0.1) is 0 Å². The Bertz CT molecular complexity index is 329. The normalized spacial score (nSPS) is 18.3. The molecule has 1 aromatic heterocycles. The molecular weight excluding hydrogens is 238 g/mol. The molecule has 1 N–H and O–H groups in total. The summed E-state index contributed by atoms with van der Waals surface area (Å²) < 4.78 is 5.05. The molecule has 1 aliphatic heterocycles. The smallest absolute Gasteiger partial charge is 0.0947 e. The molecule has 2 rings (SSSR count). The van der Waals surface area contributed by atoms with Crippen molar-refractivity contribution in [2.45, 2.75) is 20.4 Å². The average Bonchev–Trinajstić information content (AvgIpc) is 2.89. The van der Waals surface area contributed by atoms with Crippen LogP contribution in [0.4, 0.5) is 0 Å². The largest absolute Gasteiger partial charge is 0.472 e. The van der Waals surface area contributed by atoms with Crippen LogP contribution in [-0.2, 0) is 6.54 Å². The standard InChI is InChI=1S/C15H27N3O/c1-14(2)12-18-8-6-17(7-9-18)5-4-16-11-15-3-10-19-13-15/h3,10,13-14,16H,4-9,11-12H2,1-2H3. The fourth-order valence-corrected chi connectivity index (χ4v) is 2.58. The summed E-state index contributed by atoms with van der Waals surface area (Å²) in [6.45, 7) is 13.8. The monoisotopic (exact) mass is 265 g/mol. The number of furan rings is 1. The lowest BCUT2D eigenvalue weighted by Gasteiger charge is -2.35. The second-order valence-electron chi connectivity index (χ2n) is 5.84. The molecule has 0 bridgehead atoms. The second kappa shape index (κ2) is 7.68. The summed E-state index contributed by atoms with van der Waals surface area (Å²) >= 11 is 0. The molecule has 0 aromatic carbocycles. The molecule has 1 aromatic rings. The van der Waals surface area contributed by atoms with E-state index in [-0.39, 0.29) is 0 Å². The van der Waals surface area contributed by atoms with Gasteiger partial charge in [0.1, 0.15) is 0 Å². The van der Waals surface area contributed by atoms with Gasteiger partial charge in [-0.1, -0.05) is 13.8 Å². The van der Waals surface area contributed by atoms with Gasteiger partial charge in [0.15, 0.2) is 0 Å². The van der Waals surface area contributed by atoms with E-state index in [4.69, 9.17) is 4.42 Å². The van der Waals surface area contributed by atoms with Crippen LogP contribution < -0.4 is 5.32 Å². The Morgan fingerprint density at radius 1 is 1.21 bits per heavy atom. The van der Waals surface area contributed by atoms with Gasteiger partial charge >= 0.3 is 0 Å². The van der Waals surface area contributed by atoms with Gasteiger partial charge in [-0.2, -0.15) is 0 Å². The highest BCUT2D eigenvalue weighted by atomic mass is 16.3. The highest BCUT2D eigenvalue weighted by Gasteiger charge is 2.16. The predicted octanol–water partition coefficient (Wildman–Crippen LogP) is 1.64. The minimum absolute atomic E-state index is 0.781. The summed E-state index contributed by atoms with van der Waals surface area (Å²) in [7, 11) is 0. The fourth-order valence-electron chi connectivity index (χ4n) is 2.58. The van der Waals surface area contributed by atoms with Crippen molar-refractivity contribution in [3.05, 3.63) is 24.2 Å². The maximum absolute atomic E-state index is 5.05. The summed E-state index contributed by atoms with van der Waals surface area (Å²) in [6.07, 6.45) is 3.53. The minimum Gasteiger partial charge on any atom is -0.472 e. The molecule has 0 spiro atoms. The Labute approximate surface area is 116 Å². The lowest BCUT2D eigenvalue weighted by molar-refractivity contribution is 0.123. The van der Waals surface area contributed by atoms with Crippen LogP contribution in [0.1, 0.15) is 19.4 Å². The molecule has 0 amide bonds. The number of piperazine rings is 1. The molecule has 0 radical (unpaired) electrons. The van der Waals surface area contributed by atoms with Crippen LogP contribution in [0, 0.1) is 5.92 Å². The van der Waals surface area contributed by atoms with E-state index in [1.54, 1.807) is 12.5 Å². The van der Waals surface area contributed by atoms with Crippen LogP contribution in [0.5, 0.6) is 0 Å². The number of hydrogen-bond donors (Lipinski definition) is 1. The van der Waals surface area contributed by atoms with E-state index in [0.29, 0.717) is 0 Å². The average molecular weight is 265 g/mol. The van der Waals surface area contributed by atoms with Crippen molar-refractivity contribution in [2.24, 2.45) is 5.92 Å². The van der Waals surface area contributed by atoms with E-state index >= 15 is 0 Å². The van der Waals surface area contributed by atoms with E-state index in [2.05, 4.69) is 29.0 Å². The molecule has 1 fully saturated rings. The Morgan fingerprint density at radius 2 is 1.95 bits per heavy atom. The van der Waals surface area contributed by atoms with Crippen LogP contribution in [0.2, 0.25) is 0 Å². The van der Waals surface area contributed by atoms with E-state index in [0.717, 1.165) is 25.6 Å². The first-order valence-corrected chi connectivity index (χ1v) is 7.40. The quantitative estimate of drug-likeness (QED) is 0.760. The molecule has 1 aliphatic rings. The van der Waals surface area contributed by atoms with Crippen molar-refractivity contribution in [3.8, 4) is 0 Å². The van der Waals surface area contributed by atoms with E-state index in [1.807, 2.05) is 6.07 Å². The summed E-state index contributed by atoms with van der Waals surface area (Å²) in [4.78, 5) is 5.14. The van der Waals surface area contributed by atoms with Crippen molar-refractivity contribution in [3.63, 3.8) is 0 Å². The highest BCUT2D eigenvalue weighted by Crippen LogP contribution is 2.04. The van der Waals surface area contributed by atoms with Crippen molar-refractivity contribution < 1.29 is 4.42 Å². The molecular formula is C15H27N3O. The fraction of sp³-hybridized carbons (Fsp3) is 0.733. The van der Waals surface area contributed by atoms with Crippen LogP contribution in [0.25, 0.3) is 0 Å². The summed E-state index contributed by atoms with van der Waals surface area (Å²) in [6, 6.07) is 2.01. The van der Waals surface area contributed by atoms with Crippen molar-refractivity contribution >= 4 is 0 Å². The molecule has 0 saturated carbocycles. The van der Waals surface area contributed by atoms with Crippen LogP contribution in [-0.4, -0.2) is 55.6 Å². The highest BCUT2D eigenvalue weighted by molar-refractivity contribution is 5.04. The van der Waals surface area contributed by atoms with Gasteiger partial charge in [-0.05, 0) is 12.0 Å². The third-order valence-electron chi connectivity index (χ3n) is 3.60. The predicted molar refractivity (Wildman–Crippen MR) is 78.1 cm³/mol. The summed E-state index contributed by atoms with van der Waals surface area (Å²) in [5.74, 6) is 0.781. The summed E-state index contributed by atoms with van der Waals surface area (Å²) in [5, 5.41) is 3.46. The lowest BCUT2D eigenvalue weighted by Crippen LogP contribution is -2.48. The second-order valence-corrected chi connectivity index (χ2v) is 5.84. The van der Waals surface area contributed by atoms with Crippen LogP contribution in [0.15, 0.2) is 23.0 Å². The third-order valence-corrected chi connectivity index (χ3v) is 3.60. The van der Waals surface area contributed by atoms with Crippen molar-refractivity contribution in [2.75, 3.05) is 45.8 Å². The maximum atomic E-state index is 5.05. The first-order valence-electron chi connectivity index (χ1n) is 7.40. The minimum atomic E-state index is 0.781. The topological polar surface area (TPSA) is 31.6 Å². The number of hydrogen-bond acceptors (Lipinski definition) is 4. The molecule has 2 heterocycles. The Morgan fingerprint density at radius 3 is 2.58 bits per heavy atom. The van der Waals surface area contributed by atoms with E-state index in [9.17, 15) is 0 Å². The first-order chi connectivity index (χ1) is 9.24. The van der Waals surface area contributed by atoms with E-state index in [1.165, 1.54) is 38.3 Å². The van der Waals surface area contributed by atoms with E-state index < -0.39 is 0 Å². The van der Waals surface area contributed by atoms with Gasteiger partial charge in [0.2, 0.25) is 0 Å². The van der Waals surface area contributed by atoms with Gasteiger partial charge in [-0.3, -0.25) is 4.90 Å². The van der Waals surface area contributed by atoms with Gasteiger partial charge in [0.25, 0.3) is 0 Å². The Balaban J connectivity index is 1.53. The SMILES string of the molecule is CC(C)CN1CCN(CCNCc2ccoc2)CC1. The van der Waals surface area contributed by atoms with Gasteiger partial charge in [-0.25, -0.2) is 0 Å². The molecule has 1 saturated heterocycles. The van der Waals surface area contributed by atoms with Gasteiger partial charge < -0.3 is 14.6 Å². The number of rotatable bonds is 7. The number of nitrogens with one attached hydrogen (secondary N) is 1. The van der Waals surface area contributed by atoms with Crippen molar-refractivity contribution in [1.29, 1.82) is 0 Å². The summed E-state index contributed by atoms with van der Waals surface area (Å²) in [5.41, 5.74) is 1.22. The van der Waals surface area contributed by atoms with Crippen LogP contribution in [0.3, 0.4) is 0 Å². The number of nitrogens with zero attached hydrogens (tertiary/aromatic N) is 2. The lowest BCUT2D eigenvalue weighted by atomic mass is 10.2. The molecule has 0 unspecified atom stereocenters. The zero-order chi connectivity index (χ0) is 13.5. The van der Waals surface area contributed by atoms with Crippen LogP contribution >= 0.6 is 0 Å². The zero-order valence-electron chi connectivity index (χ0n) is 12.3. The molecule has 0 atom stereocenters. The molecule has 4 heteroatoms. The van der Waals surface area contributed by atoms with Crippen molar-refractivity contribution in [1.82, 2.24) is 15.1 Å². The zero-order valence-corrected chi connectivity index (χ0v) is 12.3. The van der Waals surface area contributed by atoms with Gasteiger partial charge in [0, 0.05) is 57.9 Å². The molecule has 4 nitrogen and oxygen atoms in total.